The van der Waals surface area contributed by atoms with E-state index in [0.29, 0.717) is 18.5 Å². The minimum Gasteiger partial charge on any atom is -0.481 e. The molecule has 8 nitrogen and oxygen atoms in total. The number of anilines is 1. The zero-order valence-corrected chi connectivity index (χ0v) is 13.7. The van der Waals surface area contributed by atoms with E-state index in [1.165, 1.54) is 31.3 Å². The van der Waals surface area contributed by atoms with Gasteiger partial charge in [-0.3, -0.25) is 9.59 Å². The van der Waals surface area contributed by atoms with Gasteiger partial charge in [-0.2, -0.15) is 0 Å². The molecule has 1 aromatic carbocycles. The molecule has 3 N–H and O–H groups in total. The van der Waals surface area contributed by atoms with Crippen molar-refractivity contribution in [1.82, 2.24) is 4.72 Å². The Kier molecular flexibility index (Phi) is 4.33. The fraction of sp³-hybridized carbons (Fsp3) is 0.467. The van der Waals surface area contributed by atoms with Gasteiger partial charge in [-0.15, -0.1) is 0 Å². The number of carboxylic acids is 1. The van der Waals surface area contributed by atoms with Crippen LogP contribution in [0.25, 0.3) is 0 Å². The first kappa shape index (κ1) is 16.9. The monoisotopic (exact) mass is 354 g/mol. The van der Waals surface area contributed by atoms with Crippen molar-refractivity contribution in [2.45, 2.75) is 29.9 Å². The number of fused-ring (bicyclic) bond motifs is 2. The van der Waals surface area contributed by atoms with Crippen molar-refractivity contribution < 1.29 is 27.9 Å². The Morgan fingerprint density at radius 1 is 1.12 bits per heavy atom. The topological polar surface area (TPSA) is 122 Å². The summed E-state index contributed by atoms with van der Waals surface area (Å²) in [7, 11) is -2.23. The Hall–Kier alpha value is -1.97. The molecular weight excluding hydrogens is 336 g/mol. The third-order valence-electron chi connectivity index (χ3n) is 4.56. The first-order chi connectivity index (χ1) is 11.3. The number of benzene rings is 1. The molecule has 2 heterocycles. The molecule has 0 aromatic heterocycles. The minimum absolute atomic E-state index is 0.0784. The van der Waals surface area contributed by atoms with E-state index in [2.05, 4.69) is 10.0 Å². The fourth-order valence-electron chi connectivity index (χ4n) is 3.39. The van der Waals surface area contributed by atoms with Crippen LogP contribution in [0, 0.1) is 11.8 Å². The lowest BCUT2D eigenvalue weighted by Crippen LogP contribution is -2.40. The number of rotatable bonds is 5. The maximum absolute atomic E-state index is 12.5. The van der Waals surface area contributed by atoms with Crippen LogP contribution in [0.1, 0.15) is 12.8 Å². The molecule has 24 heavy (non-hydrogen) atoms. The minimum atomic E-state index is -3.55. The number of sulfonamides is 1. The lowest BCUT2D eigenvalue weighted by molar-refractivity contribution is -0.147. The van der Waals surface area contributed by atoms with E-state index in [9.17, 15) is 23.1 Å². The molecule has 3 rings (SSSR count). The number of amides is 1. The number of carbonyl (C=O) groups excluding carboxylic acids is 1. The molecule has 0 unspecified atom stereocenters. The molecule has 2 fully saturated rings. The predicted octanol–water partition coefficient (Wildman–Crippen LogP) is 0.411. The number of carbonyl (C=O) groups is 2. The number of hydrogen-bond donors (Lipinski definition) is 3. The molecule has 9 heteroatoms. The molecule has 1 amide bonds. The maximum Gasteiger partial charge on any atom is 0.310 e. The highest BCUT2D eigenvalue weighted by Gasteiger charge is 2.55. The lowest BCUT2D eigenvalue weighted by Gasteiger charge is -2.23. The Bertz CT molecular complexity index is 761. The van der Waals surface area contributed by atoms with Crippen molar-refractivity contribution in [3.8, 4) is 0 Å². The number of hydrogen-bond acceptors (Lipinski definition) is 5. The van der Waals surface area contributed by atoms with Gasteiger partial charge in [-0.25, -0.2) is 13.1 Å². The van der Waals surface area contributed by atoms with E-state index in [0.717, 1.165) is 0 Å². The molecule has 0 spiro atoms. The van der Waals surface area contributed by atoms with Gasteiger partial charge in [0, 0.05) is 5.69 Å². The summed E-state index contributed by atoms with van der Waals surface area (Å²) in [4.78, 5) is 24.0. The predicted molar refractivity (Wildman–Crippen MR) is 83.8 cm³/mol. The van der Waals surface area contributed by atoms with Gasteiger partial charge in [0.25, 0.3) is 0 Å². The number of carboxylic acid groups (broad SMARTS) is 1. The Morgan fingerprint density at radius 3 is 2.25 bits per heavy atom. The van der Waals surface area contributed by atoms with Crippen molar-refractivity contribution in [1.29, 1.82) is 0 Å². The van der Waals surface area contributed by atoms with Crippen molar-refractivity contribution in [2.24, 2.45) is 11.8 Å². The molecule has 130 valence electrons. The van der Waals surface area contributed by atoms with Crippen LogP contribution in [-0.2, 0) is 24.3 Å². The largest absolute Gasteiger partial charge is 0.481 e. The fourth-order valence-corrected chi connectivity index (χ4v) is 4.12. The second kappa shape index (κ2) is 6.15. The van der Waals surface area contributed by atoms with E-state index in [1.54, 1.807) is 0 Å². The zero-order chi connectivity index (χ0) is 17.5. The van der Waals surface area contributed by atoms with Gasteiger partial charge >= 0.3 is 5.97 Å². The SMILES string of the molecule is CNS(=O)(=O)c1ccc(NC(=O)[C@@H]2[C@@H](C(=O)O)[C@H]3CC[C@H]2O3)cc1. The lowest BCUT2D eigenvalue weighted by atomic mass is 9.78. The second-order valence-electron chi connectivity index (χ2n) is 5.90. The number of ether oxygens (including phenoxy) is 1. The van der Waals surface area contributed by atoms with Gasteiger partial charge in [-0.1, -0.05) is 0 Å². The molecular formula is C15H18N2O6S. The smallest absolute Gasteiger partial charge is 0.310 e. The Morgan fingerprint density at radius 2 is 1.71 bits per heavy atom. The first-order valence-corrected chi connectivity index (χ1v) is 9.04. The summed E-state index contributed by atoms with van der Waals surface area (Å²) in [5.74, 6) is -3.02. The average Bonchev–Trinajstić information content (AvgIpc) is 3.16. The molecule has 2 bridgehead atoms. The summed E-state index contributed by atoms with van der Waals surface area (Å²) in [5, 5.41) is 12.0. The number of nitrogens with one attached hydrogen (secondary N) is 2. The highest BCUT2D eigenvalue weighted by molar-refractivity contribution is 7.89. The van der Waals surface area contributed by atoms with Crippen LogP contribution in [0.4, 0.5) is 5.69 Å². The van der Waals surface area contributed by atoms with E-state index in [1.807, 2.05) is 0 Å². The normalized spacial score (nSPS) is 28.7. The quantitative estimate of drug-likeness (QED) is 0.704. The zero-order valence-electron chi connectivity index (χ0n) is 12.9. The summed E-state index contributed by atoms with van der Waals surface area (Å²) >= 11 is 0. The van der Waals surface area contributed by atoms with Gasteiger partial charge in [-0.05, 0) is 44.2 Å². The highest BCUT2D eigenvalue weighted by atomic mass is 32.2. The van der Waals surface area contributed by atoms with Crippen molar-refractivity contribution >= 4 is 27.6 Å². The molecule has 2 aliphatic heterocycles. The van der Waals surface area contributed by atoms with Gasteiger partial charge in [0.15, 0.2) is 0 Å². The summed E-state index contributed by atoms with van der Waals surface area (Å²) in [6.45, 7) is 0. The first-order valence-electron chi connectivity index (χ1n) is 7.56. The molecule has 2 aliphatic rings. The maximum atomic E-state index is 12.5. The molecule has 0 aliphatic carbocycles. The van der Waals surface area contributed by atoms with Crippen LogP contribution in [-0.4, -0.2) is 44.7 Å². The van der Waals surface area contributed by atoms with Crippen LogP contribution < -0.4 is 10.0 Å². The Labute approximate surface area is 139 Å². The molecule has 4 atom stereocenters. The summed E-state index contributed by atoms with van der Waals surface area (Å²) in [5.41, 5.74) is 0.405. The van der Waals surface area contributed by atoms with E-state index in [4.69, 9.17) is 4.74 Å². The van der Waals surface area contributed by atoms with Crippen molar-refractivity contribution in [3.63, 3.8) is 0 Å². The average molecular weight is 354 g/mol. The summed E-state index contributed by atoms with van der Waals surface area (Å²) in [6.07, 6.45) is 0.542. The van der Waals surface area contributed by atoms with Crippen LogP contribution in [0.5, 0.6) is 0 Å². The molecule has 1 aromatic rings. The van der Waals surface area contributed by atoms with E-state index in [-0.39, 0.29) is 11.0 Å². The van der Waals surface area contributed by atoms with Crippen molar-refractivity contribution in [2.75, 3.05) is 12.4 Å². The number of aliphatic carboxylic acids is 1. The van der Waals surface area contributed by atoms with Crippen LogP contribution in [0.3, 0.4) is 0 Å². The third-order valence-corrected chi connectivity index (χ3v) is 5.99. The molecule has 2 saturated heterocycles. The van der Waals surface area contributed by atoms with E-state index >= 15 is 0 Å². The van der Waals surface area contributed by atoms with Crippen LogP contribution in [0.2, 0.25) is 0 Å². The highest BCUT2D eigenvalue weighted by Crippen LogP contribution is 2.44. The van der Waals surface area contributed by atoms with Crippen LogP contribution >= 0.6 is 0 Å². The summed E-state index contributed by atoms with van der Waals surface area (Å²) in [6, 6.07) is 5.67. The van der Waals surface area contributed by atoms with Gasteiger partial charge in [0.2, 0.25) is 15.9 Å². The standard InChI is InChI=1S/C15H18N2O6S/c1-16-24(21,22)9-4-2-8(3-5-9)17-14(18)12-10-6-7-11(23-10)13(12)15(19)20/h2-5,10-13,16H,6-7H2,1H3,(H,17,18)(H,19,20)/t10-,11-,12+,13+/m1/s1. The van der Waals surface area contributed by atoms with Gasteiger partial charge in [0.05, 0.1) is 28.9 Å². The molecule has 0 radical (unpaired) electrons. The van der Waals surface area contributed by atoms with Gasteiger partial charge < -0.3 is 15.2 Å². The van der Waals surface area contributed by atoms with Crippen LogP contribution in [0.15, 0.2) is 29.2 Å². The molecule has 0 saturated carbocycles. The Balaban J connectivity index is 1.74. The van der Waals surface area contributed by atoms with Gasteiger partial charge in [0.1, 0.15) is 0 Å². The third kappa shape index (κ3) is 2.90. The van der Waals surface area contributed by atoms with E-state index < -0.39 is 39.8 Å². The second-order valence-corrected chi connectivity index (χ2v) is 7.79. The summed E-state index contributed by atoms with van der Waals surface area (Å²) < 4.78 is 31.1. The van der Waals surface area contributed by atoms with Crippen molar-refractivity contribution in [3.05, 3.63) is 24.3 Å².